The van der Waals surface area contributed by atoms with Gasteiger partial charge in [0.1, 0.15) is 30.5 Å². The molecule has 11 heteroatoms. The first-order valence-electron chi connectivity index (χ1n) is 14.8. The monoisotopic (exact) mass is 601 g/mol. The second-order valence-electron chi connectivity index (χ2n) is 10.9. The van der Waals surface area contributed by atoms with E-state index in [4.69, 9.17) is 23.7 Å². The van der Waals surface area contributed by atoms with Gasteiger partial charge in [-0.25, -0.2) is 0 Å². The molecule has 1 fully saturated rings. The van der Waals surface area contributed by atoms with Crippen molar-refractivity contribution in [3.05, 3.63) is 77.4 Å². The Bertz CT molecular complexity index is 1540. The van der Waals surface area contributed by atoms with E-state index in [1.165, 1.54) is 7.11 Å². The van der Waals surface area contributed by atoms with Crippen LogP contribution in [0.25, 0.3) is 0 Å². The number of ether oxygens (including phenoxy) is 5. The second kappa shape index (κ2) is 13.3. The predicted octanol–water partition coefficient (Wildman–Crippen LogP) is 3.70. The normalized spacial score (nSPS) is 20.5. The standard InChI is InChI=1S/C33H35N3O8/c1-40-25-15-23-16-26(18-25)44-24-5-2-4-21(14-24)20-43-28-9-11-36(19-27(28)35-31(37)6-3-10-34-32(23)38)33(39)22-7-8-29-30(17-22)42-13-12-41-29/h2,4-5,7-8,14-18,27-28H,3,6,9-13,19-20H2,1H3,(H,34,38)(H,35,37)/t27-,28-/m0/s1. The van der Waals surface area contributed by atoms with E-state index in [0.29, 0.717) is 85.6 Å². The summed E-state index contributed by atoms with van der Waals surface area (Å²) in [5, 5.41) is 5.96. The Hall–Kier alpha value is -4.77. The molecule has 3 amide bonds. The Morgan fingerprint density at radius 3 is 2.70 bits per heavy atom. The number of nitrogens with zero attached hydrogens (tertiary/aromatic N) is 1. The molecule has 0 aromatic heterocycles. The number of hydrogen-bond donors (Lipinski definition) is 2. The molecule has 3 aromatic carbocycles. The summed E-state index contributed by atoms with van der Waals surface area (Å²) in [5.74, 6) is 2.08. The fraction of sp³-hybridized carbons (Fsp3) is 0.364. The Morgan fingerprint density at radius 2 is 1.84 bits per heavy atom. The zero-order chi connectivity index (χ0) is 30.5. The van der Waals surface area contributed by atoms with Gasteiger partial charge in [-0.15, -0.1) is 0 Å². The van der Waals surface area contributed by atoms with Gasteiger partial charge in [0.15, 0.2) is 11.5 Å². The van der Waals surface area contributed by atoms with E-state index in [9.17, 15) is 14.4 Å². The first-order chi connectivity index (χ1) is 21.4. The van der Waals surface area contributed by atoms with Gasteiger partial charge >= 0.3 is 0 Å². The molecule has 3 heterocycles. The van der Waals surface area contributed by atoms with E-state index in [1.807, 2.05) is 24.3 Å². The van der Waals surface area contributed by atoms with Crippen molar-refractivity contribution in [1.82, 2.24) is 15.5 Å². The Labute approximate surface area is 255 Å². The lowest BCUT2D eigenvalue weighted by Crippen LogP contribution is -2.57. The number of likely N-dealkylation sites (tertiary alicyclic amines) is 1. The largest absolute Gasteiger partial charge is 0.497 e. The van der Waals surface area contributed by atoms with Crippen LogP contribution in [-0.4, -0.2) is 74.7 Å². The molecule has 11 nitrogen and oxygen atoms in total. The van der Waals surface area contributed by atoms with Crippen molar-refractivity contribution >= 4 is 17.7 Å². The first kappa shape index (κ1) is 29.3. The Morgan fingerprint density at radius 1 is 0.977 bits per heavy atom. The quantitative estimate of drug-likeness (QED) is 0.456. The number of piperidine rings is 1. The van der Waals surface area contributed by atoms with Crippen LogP contribution in [0.1, 0.15) is 45.5 Å². The number of fused-ring (bicyclic) bond motifs is 6. The lowest BCUT2D eigenvalue weighted by atomic mass is 10.00. The van der Waals surface area contributed by atoms with E-state index >= 15 is 0 Å². The van der Waals surface area contributed by atoms with Gasteiger partial charge in [-0.1, -0.05) is 12.1 Å². The average Bonchev–Trinajstić information content (AvgIpc) is 3.05. The summed E-state index contributed by atoms with van der Waals surface area (Å²) in [6.07, 6.45) is 0.870. The molecular formula is C33H35N3O8. The third-order valence-electron chi connectivity index (χ3n) is 7.81. The topological polar surface area (TPSA) is 125 Å². The van der Waals surface area contributed by atoms with Gasteiger partial charge in [0, 0.05) is 43.2 Å². The lowest BCUT2D eigenvalue weighted by Gasteiger charge is -2.39. The maximum Gasteiger partial charge on any atom is 0.254 e. The average molecular weight is 602 g/mol. The summed E-state index contributed by atoms with van der Waals surface area (Å²) < 4.78 is 29.1. The highest BCUT2D eigenvalue weighted by Gasteiger charge is 2.34. The molecule has 0 saturated carbocycles. The molecule has 0 unspecified atom stereocenters. The van der Waals surface area contributed by atoms with Crippen LogP contribution in [0, 0.1) is 0 Å². The molecule has 0 radical (unpaired) electrons. The molecule has 6 rings (SSSR count). The lowest BCUT2D eigenvalue weighted by molar-refractivity contribution is -0.124. The predicted molar refractivity (Wildman–Crippen MR) is 160 cm³/mol. The van der Waals surface area contributed by atoms with Gasteiger partial charge in [-0.2, -0.15) is 0 Å². The number of nitrogens with one attached hydrogen (secondary N) is 2. The summed E-state index contributed by atoms with van der Waals surface area (Å²) in [6.45, 7) is 2.26. The number of amides is 3. The minimum absolute atomic E-state index is 0.151. The highest BCUT2D eigenvalue weighted by Crippen LogP contribution is 2.32. The molecule has 4 bridgehead atoms. The van der Waals surface area contributed by atoms with Gasteiger partial charge in [0.25, 0.3) is 11.8 Å². The van der Waals surface area contributed by atoms with Crippen molar-refractivity contribution < 1.29 is 38.1 Å². The summed E-state index contributed by atoms with van der Waals surface area (Å²) >= 11 is 0. The van der Waals surface area contributed by atoms with Crippen molar-refractivity contribution in [2.75, 3.05) is 40.0 Å². The van der Waals surface area contributed by atoms with E-state index in [2.05, 4.69) is 10.6 Å². The van der Waals surface area contributed by atoms with Crippen LogP contribution >= 0.6 is 0 Å². The summed E-state index contributed by atoms with van der Waals surface area (Å²) in [6, 6.07) is 17.3. The molecule has 0 spiro atoms. The third kappa shape index (κ3) is 6.89. The van der Waals surface area contributed by atoms with Crippen LogP contribution in [-0.2, 0) is 16.1 Å². The second-order valence-corrected chi connectivity index (χ2v) is 10.9. The van der Waals surface area contributed by atoms with Crippen LogP contribution in [0.4, 0.5) is 0 Å². The smallest absolute Gasteiger partial charge is 0.254 e. The highest BCUT2D eigenvalue weighted by atomic mass is 16.6. The summed E-state index contributed by atoms with van der Waals surface area (Å²) in [5.41, 5.74) is 1.76. The number of hydrogen-bond acceptors (Lipinski definition) is 8. The minimum Gasteiger partial charge on any atom is -0.497 e. The van der Waals surface area contributed by atoms with Crippen LogP contribution in [0.2, 0.25) is 0 Å². The fourth-order valence-corrected chi connectivity index (χ4v) is 5.56. The van der Waals surface area contributed by atoms with E-state index in [-0.39, 0.29) is 36.9 Å². The fourth-order valence-electron chi connectivity index (χ4n) is 5.56. The molecule has 2 N–H and O–H groups in total. The van der Waals surface area contributed by atoms with E-state index < -0.39 is 6.04 Å². The molecule has 44 heavy (non-hydrogen) atoms. The SMILES string of the molecule is COc1cc2cc(c1)C(=O)NCCCC(=O)N[C@H]1CN(C(=O)c3ccc4c(c3)OCCO4)CC[C@@H]1OCc1cccc(c1)O2. The Kier molecular flexibility index (Phi) is 8.83. The van der Waals surface area contributed by atoms with Crippen molar-refractivity contribution in [3.63, 3.8) is 0 Å². The maximum absolute atomic E-state index is 13.5. The van der Waals surface area contributed by atoms with Gasteiger partial charge in [0.05, 0.1) is 25.9 Å². The molecule has 1 saturated heterocycles. The van der Waals surface area contributed by atoms with Crippen LogP contribution in [0.15, 0.2) is 60.7 Å². The number of rotatable bonds is 2. The zero-order valence-electron chi connectivity index (χ0n) is 24.5. The van der Waals surface area contributed by atoms with Crippen LogP contribution in [0.3, 0.4) is 0 Å². The van der Waals surface area contributed by atoms with Gasteiger partial charge in [-0.3, -0.25) is 14.4 Å². The van der Waals surface area contributed by atoms with Crippen molar-refractivity contribution in [2.24, 2.45) is 0 Å². The van der Waals surface area contributed by atoms with E-state index in [0.717, 1.165) is 5.56 Å². The molecule has 3 aromatic rings. The minimum atomic E-state index is -0.419. The van der Waals surface area contributed by atoms with Crippen molar-refractivity contribution in [2.45, 2.75) is 38.0 Å². The molecule has 230 valence electrons. The van der Waals surface area contributed by atoms with Crippen LogP contribution in [0.5, 0.6) is 28.7 Å². The number of methoxy groups -OCH3 is 1. The summed E-state index contributed by atoms with van der Waals surface area (Å²) in [4.78, 5) is 41.2. The third-order valence-corrected chi connectivity index (χ3v) is 7.81. The van der Waals surface area contributed by atoms with Gasteiger partial charge in [0.2, 0.25) is 5.91 Å². The van der Waals surface area contributed by atoms with E-state index in [1.54, 1.807) is 41.3 Å². The molecular weight excluding hydrogens is 566 g/mol. The first-order valence-corrected chi connectivity index (χ1v) is 14.8. The number of carbonyl (C=O) groups excluding carboxylic acids is 3. The van der Waals surface area contributed by atoms with Crippen molar-refractivity contribution in [3.8, 4) is 28.7 Å². The molecule has 3 aliphatic heterocycles. The number of carbonyl (C=O) groups is 3. The zero-order valence-corrected chi connectivity index (χ0v) is 24.5. The van der Waals surface area contributed by atoms with Crippen molar-refractivity contribution in [1.29, 1.82) is 0 Å². The highest BCUT2D eigenvalue weighted by molar-refractivity contribution is 5.95. The van der Waals surface area contributed by atoms with Crippen LogP contribution < -0.4 is 29.6 Å². The van der Waals surface area contributed by atoms with Gasteiger partial charge < -0.3 is 39.2 Å². The maximum atomic E-state index is 13.5. The van der Waals surface area contributed by atoms with Gasteiger partial charge in [-0.05, 0) is 60.9 Å². The Balaban J connectivity index is 1.20. The summed E-state index contributed by atoms with van der Waals surface area (Å²) in [7, 11) is 1.53. The molecule has 2 atom stereocenters. The molecule has 3 aliphatic rings. The molecule has 0 aliphatic carbocycles. The number of benzene rings is 3.